The fourth-order valence-electron chi connectivity index (χ4n) is 2.07. The highest BCUT2D eigenvalue weighted by atomic mass is 79.9. The van der Waals surface area contributed by atoms with Crippen LogP contribution in [-0.2, 0) is 6.42 Å². The third-order valence-electron chi connectivity index (χ3n) is 3.17. The van der Waals surface area contributed by atoms with Crippen LogP contribution in [0.1, 0.15) is 16.5 Å². The predicted octanol–water partition coefficient (Wildman–Crippen LogP) is 5.75. The molecule has 5 heteroatoms. The molecule has 0 aliphatic carbocycles. The Bertz CT molecular complexity index is 614. The van der Waals surface area contributed by atoms with Crippen molar-refractivity contribution in [2.45, 2.75) is 11.8 Å². The van der Waals surface area contributed by atoms with Crippen molar-refractivity contribution < 1.29 is 9.47 Å². The van der Waals surface area contributed by atoms with Crippen LogP contribution in [0.3, 0.4) is 0 Å². The number of hydrogen-bond acceptors (Lipinski definition) is 2. The molecule has 112 valence electrons. The van der Waals surface area contributed by atoms with Crippen molar-refractivity contribution >= 4 is 43.5 Å². The Morgan fingerprint density at radius 1 is 1.00 bits per heavy atom. The molecule has 0 amide bonds. The number of benzene rings is 2. The molecule has 0 aromatic heterocycles. The quantitative estimate of drug-likeness (QED) is 0.558. The van der Waals surface area contributed by atoms with E-state index in [4.69, 9.17) is 21.1 Å². The molecule has 0 saturated carbocycles. The number of hydrogen-bond donors (Lipinski definition) is 0. The summed E-state index contributed by atoms with van der Waals surface area (Å²) >= 11 is 13.5. The number of alkyl halides is 1. The maximum absolute atomic E-state index is 6.58. The van der Waals surface area contributed by atoms with E-state index in [0.29, 0.717) is 0 Å². The molecular weight excluding hydrogens is 419 g/mol. The summed E-state index contributed by atoms with van der Waals surface area (Å²) in [7, 11) is 3.27. The standard InChI is InChI=1S/C16H15Br2ClO2/c1-20-15-9-13(18)16(21-2)8-12(15)14(19)7-10-3-5-11(17)6-4-10/h3-6,8-9,14H,7H2,1-2H3. The largest absolute Gasteiger partial charge is 0.496 e. The first-order valence-electron chi connectivity index (χ1n) is 6.35. The van der Waals surface area contributed by atoms with Crippen LogP contribution >= 0.6 is 43.5 Å². The second kappa shape index (κ2) is 7.52. The van der Waals surface area contributed by atoms with E-state index in [1.165, 1.54) is 5.56 Å². The zero-order chi connectivity index (χ0) is 15.4. The SMILES string of the molecule is COc1cc(C(Cl)Cc2ccc(Br)cc2)c(OC)cc1Br. The third kappa shape index (κ3) is 4.15. The predicted molar refractivity (Wildman–Crippen MR) is 93.7 cm³/mol. The average molecular weight is 435 g/mol. The van der Waals surface area contributed by atoms with Gasteiger partial charge in [-0.2, -0.15) is 0 Å². The lowest BCUT2D eigenvalue weighted by Gasteiger charge is -2.16. The Kier molecular flexibility index (Phi) is 5.97. The highest BCUT2D eigenvalue weighted by Gasteiger charge is 2.17. The molecule has 0 aliphatic heterocycles. The molecule has 21 heavy (non-hydrogen) atoms. The molecule has 0 aliphatic rings. The highest BCUT2D eigenvalue weighted by Crippen LogP contribution is 2.39. The van der Waals surface area contributed by atoms with Crippen molar-refractivity contribution in [2.75, 3.05) is 14.2 Å². The minimum absolute atomic E-state index is 0.192. The Balaban J connectivity index is 2.29. The van der Waals surface area contributed by atoms with E-state index < -0.39 is 0 Å². The van der Waals surface area contributed by atoms with E-state index in [2.05, 4.69) is 44.0 Å². The Morgan fingerprint density at radius 2 is 1.62 bits per heavy atom. The lowest BCUT2D eigenvalue weighted by Crippen LogP contribution is -2.00. The van der Waals surface area contributed by atoms with Gasteiger partial charge < -0.3 is 9.47 Å². The summed E-state index contributed by atoms with van der Waals surface area (Å²) in [6, 6.07) is 11.9. The molecule has 0 spiro atoms. The summed E-state index contributed by atoms with van der Waals surface area (Å²) in [6.45, 7) is 0. The van der Waals surface area contributed by atoms with E-state index in [-0.39, 0.29) is 5.38 Å². The van der Waals surface area contributed by atoms with Gasteiger partial charge in [0.1, 0.15) is 11.5 Å². The van der Waals surface area contributed by atoms with Crippen LogP contribution < -0.4 is 9.47 Å². The van der Waals surface area contributed by atoms with Crippen LogP contribution in [0.15, 0.2) is 45.3 Å². The van der Waals surface area contributed by atoms with E-state index in [1.54, 1.807) is 14.2 Å². The average Bonchev–Trinajstić information content (AvgIpc) is 2.49. The topological polar surface area (TPSA) is 18.5 Å². The smallest absolute Gasteiger partial charge is 0.133 e. The van der Waals surface area contributed by atoms with Crippen molar-refractivity contribution in [3.63, 3.8) is 0 Å². The van der Waals surface area contributed by atoms with E-state index >= 15 is 0 Å². The van der Waals surface area contributed by atoms with Gasteiger partial charge in [0.25, 0.3) is 0 Å². The molecule has 2 nitrogen and oxygen atoms in total. The van der Waals surface area contributed by atoms with Gasteiger partial charge in [0.15, 0.2) is 0 Å². The number of rotatable bonds is 5. The molecule has 2 rings (SSSR count). The number of halogens is 3. The Morgan fingerprint density at radius 3 is 2.19 bits per heavy atom. The summed E-state index contributed by atoms with van der Waals surface area (Å²) < 4.78 is 12.7. The normalized spacial score (nSPS) is 12.0. The third-order valence-corrected chi connectivity index (χ3v) is 4.71. The van der Waals surface area contributed by atoms with Gasteiger partial charge in [-0.05, 0) is 52.2 Å². The summed E-state index contributed by atoms with van der Waals surface area (Å²) in [5.74, 6) is 1.49. The molecule has 1 unspecified atom stereocenters. The van der Waals surface area contributed by atoms with Crippen LogP contribution in [0.25, 0.3) is 0 Å². The molecule has 0 radical (unpaired) electrons. The molecule has 0 heterocycles. The lowest BCUT2D eigenvalue weighted by molar-refractivity contribution is 0.396. The maximum Gasteiger partial charge on any atom is 0.133 e. The fourth-order valence-corrected chi connectivity index (χ4v) is 3.16. The summed E-state index contributed by atoms with van der Waals surface area (Å²) in [5.41, 5.74) is 2.09. The molecule has 2 aromatic rings. The van der Waals surface area contributed by atoms with Crippen molar-refractivity contribution in [2.24, 2.45) is 0 Å². The lowest BCUT2D eigenvalue weighted by atomic mass is 10.0. The molecule has 0 N–H and O–H groups in total. The zero-order valence-electron chi connectivity index (χ0n) is 11.7. The molecule has 2 aromatic carbocycles. The van der Waals surface area contributed by atoms with Gasteiger partial charge in [0, 0.05) is 10.0 Å². The van der Waals surface area contributed by atoms with E-state index in [1.807, 2.05) is 24.3 Å². The van der Waals surface area contributed by atoms with Gasteiger partial charge in [-0.25, -0.2) is 0 Å². The van der Waals surface area contributed by atoms with Gasteiger partial charge in [-0.1, -0.05) is 28.1 Å². The van der Waals surface area contributed by atoms with Crippen molar-refractivity contribution in [3.8, 4) is 11.5 Å². The molecule has 0 bridgehead atoms. The minimum Gasteiger partial charge on any atom is -0.496 e. The van der Waals surface area contributed by atoms with Gasteiger partial charge in [-0.15, -0.1) is 11.6 Å². The first-order valence-corrected chi connectivity index (χ1v) is 8.37. The van der Waals surface area contributed by atoms with E-state index in [0.717, 1.165) is 32.4 Å². The second-order valence-corrected chi connectivity index (χ2v) is 6.82. The molecule has 1 atom stereocenters. The Labute approximate surface area is 146 Å². The second-order valence-electron chi connectivity index (χ2n) is 4.53. The number of methoxy groups -OCH3 is 2. The van der Waals surface area contributed by atoms with Gasteiger partial charge in [-0.3, -0.25) is 0 Å². The van der Waals surface area contributed by atoms with E-state index in [9.17, 15) is 0 Å². The molecular formula is C16H15Br2ClO2. The van der Waals surface area contributed by atoms with Gasteiger partial charge in [0.05, 0.1) is 24.1 Å². The van der Waals surface area contributed by atoms with Crippen molar-refractivity contribution in [1.29, 1.82) is 0 Å². The highest BCUT2D eigenvalue weighted by molar-refractivity contribution is 9.10. The fraction of sp³-hybridized carbons (Fsp3) is 0.250. The van der Waals surface area contributed by atoms with Gasteiger partial charge in [0.2, 0.25) is 0 Å². The van der Waals surface area contributed by atoms with Gasteiger partial charge >= 0.3 is 0 Å². The summed E-state index contributed by atoms with van der Waals surface area (Å²) in [5, 5.41) is -0.192. The van der Waals surface area contributed by atoms with Crippen molar-refractivity contribution in [1.82, 2.24) is 0 Å². The molecule has 0 saturated heterocycles. The first-order chi connectivity index (χ1) is 10.0. The van der Waals surface area contributed by atoms with Crippen molar-refractivity contribution in [3.05, 3.63) is 56.5 Å². The number of ether oxygens (including phenoxy) is 2. The minimum atomic E-state index is -0.192. The van der Waals surface area contributed by atoms with Crippen LogP contribution in [0.2, 0.25) is 0 Å². The Hall–Kier alpha value is -0.710. The van der Waals surface area contributed by atoms with Crippen LogP contribution in [0.4, 0.5) is 0 Å². The first kappa shape index (κ1) is 16.7. The summed E-state index contributed by atoms with van der Waals surface area (Å²) in [4.78, 5) is 0. The zero-order valence-corrected chi connectivity index (χ0v) is 15.6. The van der Waals surface area contributed by atoms with Crippen LogP contribution in [0, 0.1) is 0 Å². The van der Waals surface area contributed by atoms with Crippen LogP contribution in [-0.4, -0.2) is 14.2 Å². The van der Waals surface area contributed by atoms with Crippen LogP contribution in [0.5, 0.6) is 11.5 Å². The molecule has 0 fully saturated rings. The summed E-state index contributed by atoms with van der Waals surface area (Å²) in [6.07, 6.45) is 0.718. The monoisotopic (exact) mass is 432 g/mol. The maximum atomic E-state index is 6.58.